The van der Waals surface area contributed by atoms with Crippen LogP contribution in [0.2, 0.25) is 0 Å². The van der Waals surface area contributed by atoms with Gasteiger partial charge in [-0.1, -0.05) is 45.2 Å². The number of hydrogen-bond acceptors (Lipinski definition) is 0. The minimum atomic E-state index is -4.21. The second-order valence-electron chi connectivity index (χ2n) is 2.37. The Hall–Kier alpha value is -0.990. The maximum absolute atomic E-state index is 12.1. The summed E-state index contributed by atoms with van der Waals surface area (Å²) in [5, 5.41) is 0. The first kappa shape index (κ1) is 15.5. The van der Waals surface area contributed by atoms with E-state index in [4.69, 9.17) is 0 Å². The molecule has 0 aromatic carbocycles. The summed E-state index contributed by atoms with van der Waals surface area (Å²) >= 11 is 0. The Morgan fingerprint density at radius 3 is 1.86 bits per heavy atom. The van der Waals surface area contributed by atoms with Gasteiger partial charge in [0, 0.05) is 0 Å². The van der Waals surface area contributed by atoms with Gasteiger partial charge >= 0.3 is 6.18 Å². The molecule has 1 unspecified atom stereocenters. The average Bonchev–Trinajstić information content (AvgIpc) is 2.15. The van der Waals surface area contributed by atoms with Crippen LogP contribution in [0.3, 0.4) is 0 Å². The van der Waals surface area contributed by atoms with Gasteiger partial charge < -0.3 is 0 Å². The van der Waals surface area contributed by atoms with Crippen molar-refractivity contribution >= 4 is 0 Å². The van der Waals surface area contributed by atoms with Gasteiger partial charge in [-0.05, 0) is 12.5 Å². The van der Waals surface area contributed by atoms with Crippen LogP contribution < -0.4 is 0 Å². The Morgan fingerprint density at radius 1 is 1.21 bits per heavy atom. The molecule has 0 N–H and O–H groups in total. The number of halogens is 3. The summed E-state index contributed by atoms with van der Waals surface area (Å²) in [7, 11) is 0. The van der Waals surface area contributed by atoms with E-state index in [-0.39, 0.29) is 5.57 Å². The molecule has 0 amide bonds. The first-order chi connectivity index (χ1) is 6.43. The summed E-state index contributed by atoms with van der Waals surface area (Å²) in [6, 6.07) is 0. The topological polar surface area (TPSA) is 0 Å². The molecule has 0 aliphatic carbocycles. The highest BCUT2D eigenvalue weighted by molar-refractivity contribution is 5.24. The van der Waals surface area contributed by atoms with Crippen LogP contribution in [-0.2, 0) is 0 Å². The highest BCUT2D eigenvalue weighted by Crippen LogP contribution is 2.31. The Bertz CT molecular complexity index is 199. The van der Waals surface area contributed by atoms with Gasteiger partial charge in [-0.3, -0.25) is 0 Å². The number of rotatable bonds is 3. The molecule has 0 radical (unpaired) electrons. The molecule has 0 aliphatic rings. The van der Waals surface area contributed by atoms with E-state index in [1.807, 2.05) is 13.8 Å². The Balaban J connectivity index is 0. The SMILES string of the molecule is C=C/C=C(\C=C)C(C)C(F)(F)F.CC. The van der Waals surface area contributed by atoms with E-state index in [0.29, 0.717) is 0 Å². The summed E-state index contributed by atoms with van der Waals surface area (Å²) in [5.41, 5.74) is 0.137. The monoisotopic (exact) mass is 206 g/mol. The maximum atomic E-state index is 12.1. The number of allylic oxidation sites excluding steroid dienone is 4. The van der Waals surface area contributed by atoms with Crippen molar-refractivity contribution in [3.63, 3.8) is 0 Å². The second-order valence-corrected chi connectivity index (χ2v) is 2.37. The van der Waals surface area contributed by atoms with Crippen molar-refractivity contribution in [3.05, 3.63) is 37.0 Å². The maximum Gasteiger partial charge on any atom is 0.395 e. The molecule has 3 heteroatoms. The van der Waals surface area contributed by atoms with Crippen LogP contribution in [0.15, 0.2) is 37.0 Å². The molecule has 1 atom stereocenters. The van der Waals surface area contributed by atoms with Crippen LogP contribution in [0.5, 0.6) is 0 Å². The molecule has 0 spiro atoms. The fourth-order valence-corrected chi connectivity index (χ4v) is 0.714. The molecule has 0 fully saturated rings. The Labute approximate surface area is 83.8 Å². The molecular weight excluding hydrogens is 189 g/mol. The highest BCUT2D eigenvalue weighted by atomic mass is 19.4. The van der Waals surface area contributed by atoms with Gasteiger partial charge in [0.15, 0.2) is 0 Å². The minimum Gasteiger partial charge on any atom is -0.170 e. The van der Waals surface area contributed by atoms with Gasteiger partial charge in [0.25, 0.3) is 0 Å². The minimum absolute atomic E-state index is 0.137. The predicted molar refractivity (Wildman–Crippen MR) is 55.0 cm³/mol. The van der Waals surface area contributed by atoms with Crippen LogP contribution in [0.4, 0.5) is 13.2 Å². The van der Waals surface area contributed by atoms with Crippen molar-refractivity contribution in [3.8, 4) is 0 Å². The fourth-order valence-electron chi connectivity index (χ4n) is 0.714. The number of hydrogen-bond donors (Lipinski definition) is 0. The molecule has 0 heterocycles. The molecule has 0 aromatic heterocycles. The summed E-state index contributed by atoms with van der Waals surface area (Å²) in [6.45, 7) is 11.7. The van der Waals surface area contributed by atoms with Gasteiger partial charge in [0.05, 0.1) is 5.92 Å². The van der Waals surface area contributed by atoms with Crippen LogP contribution in [-0.4, -0.2) is 6.18 Å². The first-order valence-corrected chi connectivity index (χ1v) is 4.45. The lowest BCUT2D eigenvalue weighted by Gasteiger charge is -2.15. The largest absolute Gasteiger partial charge is 0.395 e. The molecule has 82 valence electrons. The van der Waals surface area contributed by atoms with Crippen LogP contribution in [0.25, 0.3) is 0 Å². The summed E-state index contributed by atoms with van der Waals surface area (Å²) in [5.74, 6) is -1.48. The molecule has 0 saturated carbocycles. The molecule has 0 rings (SSSR count). The van der Waals surface area contributed by atoms with Crippen molar-refractivity contribution in [1.29, 1.82) is 0 Å². The third-order valence-corrected chi connectivity index (χ3v) is 1.54. The average molecular weight is 206 g/mol. The van der Waals surface area contributed by atoms with Gasteiger partial charge in [-0.25, -0.2) is 0 Å². The molecule has 0 saturated heterocycles. The summed E-state index contributed by atoms with van der Waals surface area (Å²) in [4.78, 5) is 0. The first-order valence-electron chi connectivity index (χ1n) is 4.45. The molecule has 0 aromatic rings. The Morgan fingerprint density at radius 2 is 1.64 bits per heavy atom. The van der Waals surface area contributed by atoms with Gasteiger partial charge in [0.1, 0.15) is 0 Å². The Kier molecular flexibility index (Phi) is 8.20. The molecule has 14 heavy (non-hydrogen) atoms. The van der Waals surface area contributed by atoms with Crippen LogP contribution in [0, 0.1) is 5.92 Å². The summed E-state index contributed by atoms with van der Waals surface area (Å²) < 4.78 is 36.3. The van der Waals surface area contributed by atoms with Gasteiger partial charge in [-0.15, -0.1) is 0 Å². The van der Waals surface area contributed by atoms with Crippen LogP contribution in [0.1, 0.15) is 20.8 Å². The zero-order chi connectivity index (χ0) is 11.8. The lowest BCUT2D eigenvalue weighted by atomic mass is 10.0. The molecule has 0 aliphatic heterocycles. The van der Waals surface area contributed by atoms with E-state index in [2.05, 4.69) is 13.2 Å². The second kappa shape index (κ2) is 7.42. The van der Waals surface area contributed by atoms with E-state index < -0.39 is 12.1 Å². The zero-order valence-corrected chi connectivity index (χ0v) is 8.86. The molecule has 0 nitrogen and oxygen atoms in total. The molecule has 0 bridgehead atoms. The van der Waals surface area contributed by atoms with E-state index >= 15 is 0 Å². The van der Waals surface area contributed by atoms with Gasteiger partial charge in [0.2, 0.25) is 0 Å². The number of alkyl halides is 3. The van der Waals surface area contributed by atoms with E-state index in [9.17, 15) is 13.2 Å². The lowest BCUT2D eigenvalue weighted by Crippen LogP contribution is -2.20. The van der Waals surface area contributed by atoms with Crippen molar-refractivity contribution in [2.24, 2.45) is 5.92 Å². The summed E-state index contributed by atoms with van der Waals surface area (Å²) in [6.07, 6.45) is -0.382. The lowest BCUT2D eigenvalue weighted by molar-refractivity contribution is -0.158. The van der Waals surface area contributed by atoms with Crippen molar-refractivity contribution in [1.82, 2.24) is 0 Å². The smallest absolute Gasteiger partial charge is 0.170 e. The normalized spacial score (nSPS) is 13.7. The van der Waals surface area contributed by atoms with Crippen molar-refractivity contribution in [2.45, 2.75) is 26.9 Å². The standard InChI is InChI=1S/C9H11F3.C2H6/c1-4-6-8(5-2)7(3)9(10,11)12;1-2/h4-7H,1-2H2,3H3;1-2H3/b8-6+;. The fraction of sp³-hybridized carbons (Fsp3) is 0.455. The van der Waals surface area contributed by atoms with E-state index in [1.165, 1.54) is 18.2 Å². The van der Waals surface area contributed by atoms with Gasteiger partial charge in [-0.2, -0.15) is 13.2 Å². The zero-order valence-electron chi connectivity index (χ0n) is 8.86. The van der Waals surface area contributed by atoms with Crippen LogP contribution >= 0.6 is 0 Å². The van der Waals surface area contributed by atoms with Crippen molar-refractivity contribution in [2.75, 3.05) is 0 Å². The third kappa shape index (κ3) is 5.62. The quantitative estimate of drug-likeness (QED) is 0.596. The van der Waals surface area contributed by atoms with Crippen molar-refractivity contribution < 1.29 is 13.2 Å². The molecular formula is C11H17F3. The highest BCUT2D eigenvalue weighted by Gasteiger charge is 2.37. The third-order valence-electron chi connectivity index (χ3n) is 1.54. The van der Waals surface area contributed by atoms with E-state index in [1.54, 1.807) is 0 Å². The predicted octanol–water partition coefficient (Wildman–Crippen LogP) is 4.51. The van der Waals surface area contributed by atoms with E-state index in [0.717, 1.165) is 6.92 Å².